The van der Waals surface area contributed by atoms with E-state index in [4.69, 9.17) is 5.73 Å². The zero-order valence-electron chi connectivity index (χ0n) is 8.93. The first-order valence-electron chi connectivity index (χ1n) is 5.55. The molecule has 2 rings (SSSR count). The first-order chi connectivity index (χ1) is 7.13. The highest BCUT2D eigenvalue weighted by Gasteiger charge is 2.33. The van der Waals surface area contributed by atoms with Crippen LogP contribution in [0.1, 0.15) is 12.8 Å². The molecule has 2 fully saturated rings. The van der Waals surface area contributed by atoms with Gasteiger partial charge in [0.15, 0.2) is 0 Å². The first-order valence-corrected chi connectivity index (χ1v) is 7.16. The topological polar surface area (TPSA) is 66.6 Å². The molecule has 0 amide bonds. The normalized spacial score (nSPS) is 25.7. The second kappa shape index (κ2) is 4.37. The van der Waals surface area contributed by atoms with Crippen LogP contribution >= 0.6 is 0 Å². The molecule has 0 spiro atoms. The summed E-state index contributed by atoms with van der Waals surface area (Å²) in [4.78, 5) is 2.40. The molecule has 1 saturated carbocycles. The second-order valence-corrected chi connectivity index (χ2v) is 6.36. The van der Waals surface area contributed by atoms with E-state index in [0.717, 1.165) is 19.1 Å². The van der Waals surface area contributed by atoms with Crippen molar-refractivity contribution in [3.8, 4) is 0 Å². The van der Waals surface area contributed by atoms with Gasteiger partial charge in [-0.15, -0.1) is 0 Å². The Morgan fingerprint density at radius 3 is 2.20 bits per heavy atom. The Balaban J connectivity index is 1.86. The van der Waals surface area contributed by atoms with Gasteiger partial charge in [0.25, 0.3) is 0 Å². The van der Waals surface area contributed by atoms with Crippen LogP contribution in [0.2, 0.25) is 0 Å². The van der Waals surface area contributed by atoms with E-state index in [9.17, 15) is 8.42 Å². The molecule has 0 unspecified atom stereocenters. The average Bonchev–Trinajstić information content (AvgIpc) is 3.01. The Bertz CT molecular complexity index is 305. The fourth-order valence-corrected chi connectivity index (χ4v) is 3.34. The molecule has 2 aliphatic rings. The van der Waals surface area contributed by atoms with E-state index in [-0.39, 0.29) is 12.3 Å². The van der Waals surface area contributed by atoms with Gasteiger partial charge < -0.3 is 5.73 Å². The Morgan fingerprint density at radius 2 is 1.73 bits per heavy atom. The Morgan fingerprint density at radius 1 is 1.13 bits per heavy atom. The number of piperazine rings is 1. The third-order valence-electron chi connectivity index (χ3n) is 3.11. The summed E-state index contributed by atoms with van der Waals surface area (Å²) < 4.78 is 25.0. The minimum atomic E-state index is -3.08. The van der Waals surface area contributed by atoms with Crippen molar-refractivity contribution >= 4 is 10.0 Å². The molecule has 88 valence electrons. The van der Waals surface area contributed by atoms with Crippen LogP contribution in [0, 0.1) is 0 Å². The zero-order chi connectivity index (χ0) is 10.9. The fraction of sp³-hybridized carbons (Fsp3) is 1.00. The Kier molecular flexibility index (Phi) is 3.30. The lowest BCUT2D eigenvalue weighted by Crippen LogP contribution is -2.50. The number of sulfonamides is 1. The zero-order valence-corrected chi connectivity index (χ0v) is 9.75. The fourth-order valence-electron chi connectivity index (χ4n) is 2.06. The molecule has 2 N–H and O–H groups in total. The summed E-state index contributed by atoms with van der Waals surface area (Å²) >= 11 is 0. The highest BCUT2D eigenvalue weighted by Crippen LogP contribution is 2.27. The average molecular weight is 233 g/mol. The first kappa shape index (κ1) is 11.3. The number of nitrogens with two attached hydrogens (primary N) is 1. The lowest BCUT2D eigenvalue weighted by atomic mass is 10.3. The van der Waals surface area contributed by atoms with E-state index in [0.29, 0.717) is 13.1 Å². The van der Waals surface area contributed by atoms with E-state index in [2.05, 4.69) is 4.90 Å². The molecular formula is C9H19N3O2S. The maximum absolute atomic E-state index is 11.7. The molecule has 0 atom stereocenters. The molecular weight excluding hydrogens is 214 g/mol. The van der Waals surface area contributed by atoms with Crippen molar-refractivity contribution in [3.05, 3.63) is 0 Å². The number of nitrogens with zero attached hydrogens (tertiary/aromatic N) is 2. The van der Waals surface area contributed by atoms with Crippen LogP contribution < -0.4 is 5.73 Å². The summed E-state index contributed by atoms with van der Waals surface area (Å²) in [5.74, 6) is 0.0798. The summed E-state index contributed by atoms with van der Waals surface area (Å²) in [5.41, 5.74) is 5.29. The van der Waals surface area contributed by atoms with Crippen molar-refractivity contribution in [2.45, 2.75) is 18.9 Å². The van der Waals surface area contributed by atoms with Crippen molar-refractivity contribution in [1.82, 2.24) is 9.21 Å². The molecule has 0 aromatic carbocycles. The van der Waals surface area contributed by atoms with E-state index < -0.39 is 10.0 Å². The molecule has 1 aliphatic carbocycles. The summed E-state index contributed by atoms with van der Waals surface area (Å²) in [7, 11) is -3.08. The van der Waals surface area contributed by atoms with E-state index >= 15 is 0 Å². The van der Waals surface area contributed by atoms with E-state index in [1.807, 2.05) is 0 Å². The lowest BCUT2D eigenvalue weighted by molar-refractivity contribution is 0.180. The predicted molar refractivity (Wildman–Crippen MR) is 59.0 cm³/mol. The standard InChI is InChI=1S/C9H19N3O2S/c10-3-8-15(13,14)12-6-4-11(5-7-12)9-1-2-9/h9H,1-8,10H2. The van der Waals surface area contributed by atoms with Crippen molar-refractivity contribution in [3.63, 3.8) is 0 Å². The number of hydrogen-bond donors (Lipinski definition) is 1. The minimum Gasteiger partial charge on any atom is -0.329 e. The summed E-state index contributed by atoms with van der Waals surface area (Å²) in [6.07, 6.45) is 2.57. The smallest absolute Gasteiger partial charge is 0.215 e. The lowest BCUT2D eigenvalue weighted by Gasteiger charge is -2.33. The highest BCUT2D eigenvalue weighted by molar-refractivity contribution is 7.89. The van der Waals surface area contributed by atoms with Crippen molar-refractivity contribution < 1.29 is 8.42 Å². The molecule has 15 heavy (non-hydrogen) atoms. The van der Waals surface area contributed by atoms with E-state index in [1.165, 1.54) is 12.8 Å². The van der Waals surface area contributed by atoms with Gasteiger partial charge in [0.1, 0.15) is 0 Å². The van der Waals surface area contributed by atoms with Crippen LogP contribution in [-0.2, 0) is 10.0 Å². The Hall–Kier alpha value is -0.170. The third kappa shape index (κ3) is 2.69. The van der Waals surface area contributed by atoms with Gasteiger partial charge in [0, 0.05) is 38.8 Å². The van der Waals surface area contributed by atoms with Crippen LogP contribution in [0.5, 0.6) is 0 Å². The number of hydrogen-bond acceptors (Lipinski definition) is 4. The van der Waals surface area contributed by atoms with Gasteiger partial charge in [-0.05, 0) is 12.8 Å². The summed E-state index contributed by atoms with van der Waals surface area (Å²) in [6, 6.07) is 0.740. The van der Waals surface area contributed by atoms with Crippen LogP contribution in [-0.4, -0.2) is 62.1 Å². The monoisotopic (exact) mass is 233 g/mol. The quantitative estimate of drug-likeness (QED) is 0.680. The molecule has 0 aromatic heterocycles. The van der Waals surface area contributed by atoms with E-state index in [1.54, 1.807) is 4.31 Å². The summed E-state index contributed by atoms with van der Waals surface area (Å²) in [6.45, 7) is 3.26. The second-order valence-electron chi connectivity index (χ2n) is 4.27. The van der Waals surface area contributed by atoms with Gasteiger partial charge in [-0.3, -0.25) is 4.90 Å². The molecule has 1 aliphatic heterocycles. The number of rotatable bonds is 4. The molecule has 0 radical (unpaired) electrons. The molecule has 1 heterocycles. The van der Waals surface area contributed by atoms with Crippen molar-refractivity contribution in [1.29, 1.82) is 0 Å². The van der Waals surface area contributed by atoms with Gasteiger partial charge in [-0.2, -0.15) is 4.31 Å². The maximum Gasteiger partial charge on any atom is 0.215 e. The molecule has 0 bridgehead atoms. The molecule has 1 saturated heterocycles. The Labute approximate surface area is 91.3 Å². The molecule has 0 aromatic rings. The SMILES string of the molecule is NCCS(=O)(=O)N1CCN(C2CC2)CC1. The van der Waals surface area contributed by atoms with Crippen molar-refractivity contribution in [2.24, 2.45) is 5.73 Å². The summed E-state index contributed by atoms with van der Waals surface area (Å²) in [5, 5.41) is 0. The van der Waals surface area contributed by atoms with Gasteiger partial charge in [0.05, 0.1) is 5.75 Å². The van der Waals surface area contributed by atoms with Crippen LogP contribution in [0.4, 0.5) is 0 Å². The minimum absolute atomic E-state index is 0.0798. The maximum atomic E-state index is 11.7. The van der Waals surface area contributed by atoms with Gasteiger partial charge in [-0.25, -0.2) is 8.42 Å². The van der Waals surface area contributed by atoms with Crippen molar-refractivity contribution in [2.75, 3.05) is 38.5 Å². The molecule has 5 nitrogen and oxygen atoms in total. The predicted octanol–water partition coefficient (Wildman–Crippen LogP) is -0.945. The van der Waals surface area contributed by atoms with Gasteiger partial charge in [0.2, 0.25) is 10.0 Å². The van der Waals surface area contributed by atoms with Crippen LogP contribution in [0.25, 0.3) is 0 Å². The van der Waals surface area contributed by atoms with Crippen LogP contribution in [0.15, 0.2) is 0 Å². The largest absolute Gasteiger partial charge is 0.329 e. The van der Waals surface area contributed by atoms with Crippen LogP contribution in [0.3, 0.4) is 0 Å². The molecule has 6 heteroatoms. The highest BCUT2D eigenvalue weighted by atomic mass is 32.2. The third-order valence-corrected chi connectivity index (χ3v) is 5.01. The van der Waals surface area contributed by atoms with Gasteiger partial charge in [-0.1, -0.05) is 0 Å². The van der Waals surface area contributed by atoms with Gasteiger partial charge >= 0.3 is 0 Å².